The molecule has 5 rings (SSSR count). The summed E-state index contributed by atoms with van der Waals surface area (Å²) in [4.78, 5) is 24.1. The van der Waals surface area contributed by atoms with Crippen LogP contribution in [-0.2, 0) is 0 Å². The van der Waals surface area contributed by atoms with Crippen molar-refractivity contribution in [1.82, 2.24) is 19.7 Å². The van der Waals surface area contributed by atoms with E-state index in [1.807, 2.05) is 48.2 Å². The molecule has 1 N–H and O–H groups in total. The van der Waals surface area contributed by atoms with Gasteiger partial charge in [0.2, 0.25) is 0 Å². The molecule has 0 saturated carbocycles. The van der Waals surface area contributed by atoms with Gasteiger partial charge in [-0.05, 0) is 31.0 Å². The fourth-order valence-electron chi connectivity index (χ4n) is 3.84. The number of hydrogen-bond acceptors (Lipinski definition) is 5. The number of fused-ring (bicyclic) bond motifs is 1. The van der Waals surface area contributed by atoms with Crippen LogP contribution in [0.4, 0.5) is 5.82 Å². The van der Waals surface area contributed by atoms with Crippen molar-refractivity contribution in [3.63, 3.8) is 0 Å². The summed E-state index contributed by atoms with van der Waals surface area (Å²) in [6, 6.07) is 12.3. The Labute approximate surface area is 172 Å². The Hall–Kier alpha value is -3.19. The van der Waals surface area contributed by atoms with Crippen LogP contribution in [0.15, 0.2) is 60.4 Å². The van der Waals surface area contributed by atoms with Crippen molar-refractivity contribution in [3.8, 4) is 10.6 Å². The predicted molar refractivity (Wildman–Crippen MR) is 116 cm³/mol. The zero-order valence-electron chi connectivity index (χ0n) is 16.1. The molecule has 7 heteroatoms. The number of anilines is 1. The highest BCUT2D eigenvalue weighted by Gasteiger charge is 2.27. The van der Waals surface area contributed by atoms with Crippen molar-refractivity contribution in [3.05, 3.63) is 71.6 Å². The van der Waals surface area contributed by atoms with Crippen molar-refractivity contribution in [1.29, 1.82) is 0 Å². The second-order valence-electron chi connectivity index (χ2n) is 7.31. The van der Waals surface area contributed by atoms with Gasteiger partial charge in [0.1, 0.15) is 10.7 Å². The van der Waals surface area contributed by atoms with Gasteiger partial charge < -0.3 is 14.6 Å². The first kappa shape index (κ1) is 17.9. The highest BCUT2D eigenvalue weighted by Crippen LogP contribution is 2.27. The molecule has 1 saturated heterocycles. The summed E-state index contributed by atoms with van der Waals surface area (Å²) in [6.07, 6.45) is 6.67. The minimum absolute atomic E-state index is 0.0862. The molecule has 0 spiro atoms. The summed E-state index contributed by atoms with van der Waals surface area (Å²) in [5, 5.41) is 5.87. The van der Waals surface area contributed by atoms with Crippen LogP contribution in [0.5, 0.6) is 0 Å². The second-order valence-corrected chi connectivity index (χ2v) is 8.17. The number of benzene rings is 1. The third-order valence-electron chi connectivity index (χ3n) is 5.37. The average Bonchev–Trinajstić information content (AvgIpc) is 3.48. The third kappa shape index (κ3) is 3.38. The van der Waals surface area contributed by atoms with Gasteiger partial charge in [-0.2, -0.15) is 0 Å². The molecule has 146 valence electrons. The Kier molecular flexibility index (Phi) is 4.52. The van der Waals surface area contributed by atoms with Crippen LogP contribution in [0.3, 0.4) is 0 Å². The molecule has 1 amide bonds. The van der Waals surface area contributed by atoms with Crippen molar-refractivity contribution < 1.29 is 4.79 Å². The SMILES string of the molecule is Cc1ccccc1-c1nc(C(=O)N[C@H]2CCN(c3nccn4cccc34)C2)cs1. The van der Waals surface area contributed by atoms with Crippen LogP contribution in [-0.4, -0.2) is 39.4 Å². The molecule has 1 aliphatic heterocycles. The topological polar surface area (TPSA) is 62.5 Å². The standard InChI is InChI=1S/C22H21N5OS/c1-15-5-2-3-6-17(15)22-25-18(14-29-22)21(28)24-16-8-11-27(13-16)20-19-7-4-10-26(19)12-9-23-20/h2-7,9-10,12,14,16H,8,11,13H2,1H3,(H,24,28)/t16-/m0/s1. The minimum Gasteiger partial charge on any atom is -0.353 e. The molecule has 0 bridgehead atoms. The molecule has 1 aromatic carbocycles. The van der Waals surface area contributed by atoms with Gasteiger partial charge >= 0.3 is 0 Å². The Bertz CT molecular complexity index is 1180. The van der Waals surface area contributed by atoms with Gasteiger partial charge in [-0.1, -0.05) is 24.3 Å². The van der Waals surface area contributed by atoms with Crippen LogP contribution in [0.2, 0.25) is 0 Å². The number of aryl methyl sites for hydroxylation is 1. The molecule has 0 aliphatic carbocycles. The Morgan fingerprint density at radius 2 is 2.10 bits per heavy atom. The maximum Gasteiger partial charge on any atom is 0.271 e. The average molecular weight is 404 g/mol. The van der Waals surface area contributed by atoms with Gasteiger partial charge in [0.25, 0.3) is 5.91 Å². The van der Waals surface area contributed by atoms with E-state index in [1.54, 1.807) is 0 Å². The fourth-order valence-corrected chi connectivity index (χ4v) is 4.73. The molecule has 1 atom stereocenters. The molecule has 4 heterocycles. The van der Waals surface area contributed by atoms with Gasteiger partial charge in [-0.25, -0.2) is 9.97 Å². The molecular weight excluding hydrogens is 382 g/mol. The predicted octanol–water partition coefficient (Wildman–Crippen LogP) is 3.77. The van der Waals surface area contributed by atoms with E-state index < -0.39 is 0 Å². The number of amides is 1. The number of aromatic nitrogens is 3. The summed E-state index contributed by atoms with van der Waals surface area (Å²) in [6.45, 7) is 3.68. The molecule has 29 heavy (non-hydrogen) atoms. The molecule has 1 aliphatic rings. The monoisotopic (exact) mass is 403 g/mol. The summed E-state index contributed by atoms with van der Waals surface area (Å²) in [5.41, 5.74) is 3.81. The summed E-state index contributed by atoms with van der Waals surface area (Å²) in [5.74, 6) is 0.853. The number of carbonyl (C=O) groups is 1. The lowest BCUT2D eigenvalue weighted by atomic mass is 10.1. The Morgan fingerprint density at radius 3 is 3.00 bits per heavy atom. The molecule has 0 unspecified atom stereocenters. The first-order valence-electron chi connectivity index (χ1n) is 9.68. The normalized spacial score (nSPS) is 16.4. The highest BCUT2D eigenvalue weighted by molar-refractivity contribution is 7.13. The largest absolute Gasteiger partial charge is 0.353 e. The number of thiazole rings is 1. The van der Waals surface area contributed by atoms with E-state index in [9.17, 15) is 4.79 Å². The lowest BCUT2D eigenvalue weighted by Crippen LogP contribution is -2.37. The molecule has 3 aromatic heterocycles. The zero-order chi connectivity index (χ0) is 19.8. The van der Waals surface area contributed by atoms with E-state index in [-0.39, 0.29) is 11.9 Å². The maximum absolute atomic E-state index is 12.7. The van der Waals surface area contributed by atoms with Gasteiger partial charge in [-0.15, -0.1) is 11.3 Å². The Morgan fingerprint density at radius 1 is 1.21 bits per heavy atom. The smallest absolute Gasteiger partial charge is 0.271 e. The van der Waals surface area contributed by atoms with E-state index in [2.05, 4.69) is 43.6 Å². The van der Waals surface area contributed by atoms with Crippen molar-refractivity contribution in [2.45, 2.75) is 19.4 Å². The van der Waals surface area contributed by atoms with Crippen molar-refractivity contribution in [2.75, 3.05) is 18.0 Å². The number of nitrogens with zero attached hydrogens (tertiary/aromatic N) is 4. The van der Waals surface area contributed by atoms with E-state index in [0.29, 0.717) is 5.69 Å². The van der Waals surface area contributed by atoms with Crippen LogP contribution < -0.4 is 10.2 Å². The third-order valence-corrected chi connectivity index (χ3v) is 6.24. The first-order chi connectivity index (χ1) is 14.2. The van der Waals surface area contributed by atoms with Gasteiger partial charge in [-0.3, -0.25) is 4.79 Å². The summed E-state index contributed by atoms with van der Waals surface area (Å²) in [7, 11) is 0. The van der Waals surface area contributed by atoms with Gasteiger partial charge in [0.05, 0.1) is 5.52 Å². The van der Waals surface area contributed by atoms with Crippen molar-refractivity contribution >= 4 is 28.6 Å². The molecule has 0 radical (unpaired) electrons. The van der Waals surface area contributed by atoms with Crippen LogP contribution in [0.1, 0.15) is 22.5 Å². The highest BCUT2D eigenvalue weighted by atomic mass is 32.1. The lowest BCUT2D eigenvalue weighted by Gasteiger charge is -2.18. The van der Waals surface area contributed by atoms with Crippen LogP contribution in [0.25, 0.3) is 16.1 Å². The molecule has 6 nitrogen and oxygen atoms in total. The van der Waals surface area contributed by atoms with Crippen LogP contribution >= 0.6 is 11.3 Å². The number of rotatable bonds is 4. The van der Waals surface area contributed by atoms with E-state index in [4.69, 9.17) is 0 Å². The summed E-state index contributed by atoms with van der Waals surface area (Å²) < 4.78 is 2.07. The molecular formula is C22H21N5OS. The number of carbonyl (C=O) groups excluding carboxylic acids is 1. The molecule has 1 fully saturated rings. The zero-order valence-corrected chi connectivity index (χ0v) is 16.9. The second kappa shape index (κ2) is 7.33. The quantitative estimate of drug-likeness (QED) is 0.563. The van der Waals surface area contributed by atoms with Crippen molar-refractivity contribution in [2.24, 2.45) is 0 Å². The number of nitrogens with one attached hydrogen (secondary N) is 1. The fraction of sp³-hybridized carbons (Fsp3) is 0.227. The van der Waals surface area contributed by atoms with E-state index >= 15 is 0 Å². The van der Waals surface area contributed by atoms with E-state index in [0.717, 1.165) is 47.0 Å². The van der Waals surface area contributed by atoms with Gasteiger partial charge in [0.15, 0.2) is 5.82 Å². The first-order valence-corrected chi connectivity index (χ1v) is 10.6. The summed E-state index contributed by atoms with van der Waals surface area (Å²) >= 11 is 1.51. The number of hydrogen-bond donors (Lipinski definition) is 1. The van der Waals surface area contributed by atoms with Crippen LogP contribution in [0, 0.1) is 6.92 Å². The van der Waals surface area contributed by atoms with E-state index in [1.165, 1.54) is 11.3 Å². The van der Waals surface area contributed by atoms with Gasteiger partial charge in [0, 0.05) is 48.7 Å². The Balaban J connectivity index is 1.28. The maximum atomic E-state index is 12.7. The minimum atomic E-state index is -0.109. The molecule has 4 aromatic rings. The lowest BCUT2D eigenvalue weighted by molar-refractivity contribution is 0.0936.